The molecule has 2 aromatic rings. The number of thiocarbonyl (C=S) groups is 1. The predicted molar refractivity (Wildman–Crippen MR) is 108 cm³/mol. The first-order chi connectivity index (χ1) is 12.0. The third-order valence-corrected chi connectivity index (χ3v) is 5.61. The van der Waals surface area contributed by atoms with Gasteiger partial charge in [-0.3, -0.25) is 9.69 Å². The van der Waals surface area contributed by atoms with Gasteiger partial charge in [0.15, 0.2) is 11.5 Å². The van der Waals surface area contributed by atoms with Crippen LogP contribution in [0.4, 0.5) is 0 Å². The van der Waals surface area contributed by atoms with Gasteiger partial charge in [-0.2, -0.15) is 0 Å². The predicted octanol–water partition coefficient (Wildman–Crippen LogP) is 4.56. The molecule has 1 aliphatic rings. The highest BCUT2D eigenvalue weighted by Gasteiger charge is 2.32. The summed E-state index contributed by atoms with van der Waals surface area (Å²) in [6, 6.07) is 13.1. The first-order valence-corrected chi connectivity index (χ1v) is 9.37. The molecule has 0 aliphatic carbocycles. The van der Waals surface area contributed by atoms with Crippen LogP contribution in [0.1, 0.15) is 11.1 Å². The molecule has 1 heterocycles. The summed E-state index contributed by atoms with van der Waals surface area (Å²) in [5.41, 5.74) is 1.76. The Kier molecular flexibility index (Phi) is 5.46. The third-order valence-electron chi connectivity index (χ3n) is 3.63. The maximum absolute atomic E-state index is 12.7. The van der Waals surface area contributed by atoms with Gasteiger partial charge < -0.3 is 9.84 Å². The van der Waals surface area contributed by atoms with Gasteiger partial charge in [-0.05, 0) is 45.3 Å². The van der Waals surface area contributed by atoms with Gasteiger partial charge >= 0.3 is 0 Å². The average molecular weight is 436 g/mol. The van der Waals surface area contributed by atoms with Crippen LogP contribution in [0.5, 0.6) is 11.5 Å². The zero-order valence-electron chi connectivity index (χ0n) is 13.2. The van der Waals surface area contributed by atoms with Crippen LogP contribution in [-0.4, -0.2) is 27.3 Å². The number of rotatable bonds is 4. The van der Waals surface area contributed by atoms with Gasteiger partial charge in [-0.15, -0.1) is 0 Å². The van der Waals surface area contributed by atoms with Gasteiger partial charge in [0.1, 0.15) is 4.32 Å². The summed E-state index contributed by atoms with van der Waals surface area (Å²) in [7, 11) is 1.48. The maximum Gasteiger partial charge on any atom is 0.266 e. The normalized spacial score (nSPS) is 15.9. The number of benzene rings is 2. The second-order valence-electron chi connectivity index (χ2n) is 5.31. The number of halogens is 1. The molecule has 0 aromatic heterocycles. The molecule has 1 amide bonds. The molecule has 0 bridgehead atoms. The van der Waals surface area contributed by atoms with Crippen molar-refractivity contribution in [1.82, 2.24) is 4.90 Å². The number of methoxy groups -OCH3 is 1. The van der Waals surface area contributed by atoms with E-state index in [-0.39, 0.29) is 11.7 Å². The van der Waals surface area contributed by atoms with Crippen LogP contribution < -0.4 is 4.74 Å². The summed E-state index contributed by atoms with van der Waals surface area (Å²) >= 11 is 9.91. The SMILES string of the molecule is COc1cc(/C=C2\SC(=S)N(Cc3ccccc3)C2=O)cc(Br)c1O. The molecule has 0 unspecified atom stereocenters. The van der Waals surface area contributed by atoms with Gasteiger partial charge in [0.05, 0.1) is 23.0 Å². The van der Waals surface area contributed by atoms with Crippen molar-refractivity contribution in [2.45, 2.75) is 6.54 Å². The number of hydrogen-bond acceptors (Lipinski definition) is 5. The molecular weight excluding hydrogens is 422 g/mol. The second-order valence-corrected chi connectivity index (χ2v) is 7.84. The van der Waals surface area contributed by atoms with Crippen LogP contribution in [0.2, 0.25) is 0 Å². The van der Waals surface area contributed by atoms with Crippen molar-refractivity contribution in [2.75, 3.05) is 7.11 Å². The number of hydrogen-bond donors (Lipinski definition) is 1. The standard InChI is InChI=1S/C18H14BrNO3S2/c1-23-14-8-12(7-13(19)16(14)21)9-15-17(22)20(18(24)25-15)10-11-5-3-2-4-6-11/h2-9,21H,10H2,1H3/b15-9-. The minimum absolute atomic E-state index is 0.0243. The quantitative estimate of drug-likeness (QED) is 0.563. The summed E-state index contributed by atoms with van der Waals surface area (Å²) in [5.74, 6) is 0.235. The molecule has 0 saturated carbocycles. The Labute approximate surface area is 163 Å². The van der Waals surface area contributed by atoms with E-state index in [1.165, 1.54) is 18.9 Å². The highest BCUT2D eigenvalue weighted by Crippen LogP contribution is 2.38. The van der Waals surface area contributed by atoms with Crippen molar-refractivity contribution < 1.29 is 14.6 Å². The summed E-state index contributed by atoms with van der Waals surface area (Å²) in [4.78, 5) is 14.8. The zero-order valence-corrected chi connectivity index (χ0v) is 16.5. The lowest BCUT2D eigenvalue weighted by Crippen LogP contribution is -2.27. The fraction of sp³-hybridized carbons (Fsp3) is 0.111. The first-order valence-electron chi connectivity index (χ1n) is 7.35. The van der Waals surface area contributed by atoms with Crippen LogP contribution in [0.15, 0.2) is 51.8 Å². The molecule has 3 rings (SSSR count). The number of nitrogens with zero attached hydrogens (tertiary/aromatic N) is 1. The Morgan fingerprint density at radius 3 is 2.72 bits per heavy atom. The molecule has 1 fully saturated rings. The Morgan fingerprint density at radius 2 is 2.04 bits per heavy atom. The molecule has 128 valence electrons. The van der Waals surface area contributed by atoms with Gasteiger partial charge in [0.2, 0.25) is 0 Å². The lowest BCUT2D eigenvalue weighted by atomic mass is 10.1. The first kappa shape index (κ1) is 18.0. The molecule has 25 heavy (non-hydrogen) atoms. The lowest BCUT2D eigenvalue weighted by molar-refractivity contribution is -0.122. The second kappa shape index (κ2) is 7.59. The molecule has 0 atom stereocenters. The number of phenolic OH excluding ortho intramolecular Hbond substituents is 1. The number of phenols is 1. The van der Waals surface area contributed by atoms with E-state index in [9.17, 15) is 9.90 Å². The van der Waals surface area contributed by atoms with E-state index in [1.54, 1.807) is 23.1 Å². The summed E-state index contributed by atoms with van der Waals surface area (Å²) in [6.07, 6.45) is 1.75. The van der Waals surface area contributed by atoms with Crippen LogP contribution in [0.25, 0.3) is 6.08 Å². The Hall–Kier alpha value is -1.83. The third kappa shape index (κ3) is 3.89. The van der Waals surface area contributed by atoms with E-state index in [2.05, 4.69) is 15.9 Å². The number of amides is 1. The van der Waals surface area contributed by atoms with E-state index < -0.39 is 0 Å². The van der Waals surface area contributed by atoms with Gasteiger partial charge in [-0.25, -0.2) is 0 Å². The lowest BCUT2D eigenvalue weighted by Gasteiger charge is -2.14. The molecule has 1 N–H and O–H groups in total. The number of ether oxygens (including phenoxy) is 1. The van der Waals surface area contributed by atoms with Crippen molar-refractivity contribution in [3.05, 3.63) is 63.0 Å². The van der Waals surface area contributed by atoms with E-state index >= 15 is 0 Å². The van der Waals surface area contributed by atoms with Gasteiger partial charge in [0, 0.05) is 0 Å². The topological polar surface area (TPSA) is 49.8 Å². The molecular formula is C18H14BrNO3S2. The van der Waals surface area contributed by atoms with Crippen molar-refractivity contribution in [3.63, 3.8) is 0 Å². The molecule has 0 spiro atoms. The molecule has 7 heteroatoms. The van der Waals surface area contributed by atoms with Crippen molar-refractivity contribution in [2.24, 2.45) is 0 Å². The molecule has 4 nitrogen and oxygen atoms in total. The maximum atomic E-state index is 12.7. The molecule has 0 radical (unpaired) electrons. The highest BCUT2D eigenvalue weighted by atomic mass is 79.9. The fourth-order valence-corrected chi connectivity index (χ4v) is 4.10. The van der Waals surface area contributed by atoms with Crippen LogP contribution in [0.3, 0.4) is 0 Å². The Morgan fingerprint density at radius 1 is 1.32 bits per heavy atom. The largest absolute Gasteiger partial charge is 0.503 e. The molecule has 1 aliphatic heterocycles. The van der Waals surface area contributed by atoms with E-state index in [0.29, 0.717) is 26.0 Å². The van der Waals surface area contributed by atoms with E-state index in [4.69, 9.17) is 17.0 Å². The van der Waals surface area contributed by atoms with Crippen LogP contribution in [-0.2, 0) is 11.3 Å². The smallest absolute Gasteiger partial charge is 0.266 e. The van der Waals surface area contributed by atoms with Gasteiger partial charge in [-0.1, -0.05) is 54.3 Å². The number of aromatic hydroxyl groups is 1. The van der Waals surface area contributed by atoms with Crippen molar-refractivity contribution in [3.8, 4) is 11.5 Å². The monoisotopic (exact) mass is 435 g/mol. The van der Waals surface area contributed by atoms with Crippen LogP contribution >= 0.6 is 39.9 Å². The van der Waals surface area contributed by atoms with Crippen molar-refractivity contribution in [1.29, 1.82) is 0 Å². The van der Waals surface area contributed by atoms with Gasteiger partial charge in [0.25, 0.3) is 5.91 Å². The number of thioether (sulfide) groups is 1. The fourth-order valence-electron chi connectivity index (χ4n) is 2.39. The van der Waals surface area contributed by atoms with E-state index in [1.807, 2.05) is 30.3 Å². The summed E-state index contributed by atoms with van der Waals surface area (Å²) < 4.78 is 6.17. The number of carbonyl (C=O) groups is 1. The number of carbonyl (C=O) groups excluding carboxylic acids is 1. The molecule has 2 aromatic carbocycles. The Bertz CT molecular complexity index is 868. The summed E-state index contributed by atoms with van der Waals surface area (Å²) in [6.45, 7) is 0.450. The van der Waals surface area contributed by atoms with Crippen molar-refractivity contribution >= 4 is 56.2 Å². The minimum atomic E-state index is -0.123. The highest BCUT2D eigenvalue weighted by molar-refractivity contribution is 9.10. The zero-order chi connectivity index (χ0) is 18.0. The minimum Gasteiger partial charge on any atom is -0.503 e. The summed E-state index contributed by atoms with van der Waals surface area (Å²) in [5, 5.41) is 9.89. The van der Waals surface area contributed by atoms with E-state index in [0.717, 1.165) is 11.1 Å². The average Bonchev–Trinajstić information content (AvgIpc) is 2.86. The van der Waals surface area contributed by atoms with Crippen LogP contribution in [0, 0.1) is 0 Å². The molecule has 1 saturated heterocycles. The Balaban J connectivity index is 1.87.